The Morgan fingerprint density at radius 3 is 3.00 bits per heavy atom. The average Bonchev–Trinajstić information content (AvgIpc) is 2.16. The zero-order valence-electron chi connectivity index (χ0n) is 7.08. The van der Waals surface area contributed by atoms with Crippen LogP contribution in [0.25, 0.3) is 0 Å². The van der Waals surface area contributed by atoms with E-state index in [0.29, 0.717) is 5.75 Å². The second kappa shape index (κ2) is 4.20. The molecule has 0 amide bonds. The second-order valence-corrected chi connectivity index (χ2v) is 2.66. The maximum Gasteiger partial charge on any atom is 0.183 e. The largest absolute Gasteiger partial charge is 0.496 e. The monoisotopic (exact) mass is 200 g/mol. The highest BCUT2D eigenvalue weighted by Crippen LogP contribution is 2.23. The minimum Gasteiger partial charge on any atom is -0.496 e. The third-order valence-electron chi connectivity index (χ3n) is 1.55. The fourth-order valence-electron chi connectivity index (χ4n) is 0.945. The van der Waals surface area contributed by atoms with Crippen LogP contribution in [0.5, 0.6) is 5.75 Å². The summed E-state index contributed by atoms with van der Waals surface area (Å²) in [5.41, 5.74) is 5.45. The summed E-state index contributed by atoms with van der Waals surface area (Å²) in [6, 6.07) is 1.56. The molecule has 4 nitrogen and oxygen atoms in total. The number of aromatic nitrogens is 1. The number of methoxy groups -OCH3 is 1. The van der Waals surface area contributed by atoms with Crippen LogP contribution < -0.4 is 10.5 Å². The Morgan fingerprint density at radius 1 is 1.77 bits per heavy atom. The van der Waals surface area contributed by atoms with Crippen LogP contribution in [0.3, 0.4) is 0 Å². The van der Waals surface area contributed by atoms with Gasteiger partial charge in [-0.2, -0.15) is 0 Å². The van der Waals surface area contributed by atoms with Gasteiger partial charge in [-0.05, 0) is 6.07 Å². The molecule has 0 aliphatic carbocycles. The Bertz CT molecular complexity index is 328. The third-order valence-corrected chi connectivity index (χ3v) is 1.84. The summed E-state index contributed by atoms with van der Waals surface area (Å²) in [6.07, 6.45) is 1.47. The predicted octanol–water partition coefficient (Wildman–Crippen LogP) is 0.885. The lowest BCUT2D eigenvalue weighted by Gasteiger charge is -2.06. The van der Waals surface area contributed by atoms with Crippen molar-refractivity contribution in [3.63, 3.8) is 0 Å². The summed E-state index contributed by atoms with van der Waals surface area (Å²) in [7, 11) is 1.46. The van der Waals surface area contributed by atoms with E-state index in [4.69, 9.17) is 22.1 Å². The van der Waals surface area contributed by atoms with E-state index in [1.165, 1.54) is 13.3 Å². The van der Waals surface area contributed by atoms with Gasteiger partial charge in [-0.15, -0.1) is 0 Å². The number of hydrogen-bond donors (Lipinski definition) is 1. The van der Waals surface area contributed by atoms with Crippen molar-refractivity contribution in [3.8, 4) is 5.75 Å². The molecule has 0 aliphatic rings. The van der Waals surface area contributed by atoms with Gasteiger partial charge in [0.15, 0.2) is 5.78 Å². The van der Waals surface area contributed by atoms with E-state index in [9.17, 15) is 4.79 Å². The number of halogens is 1. The zero-order valence-corrected chi connectivity index (χ0v) is 7.84. The van der Waals surface area contributed by atoms with Crippen LogP contribution in [0.1, 0.15) is 10.4 Å². The number of ether oxygens (including phenoxy) is 1. The van der Waals surface area contributed by atoms with Crippen LogP contribution in [-0.2, 0) is 0 Å². The molecule has 70 valence electrons. The number of carbonyl (C=O) groups excluding carboxylic acids is 1. The number of pyridine rings is 1. The molecule has 0 saturated carbocycles. The molecule has 5 heteroatoms. The summed E-state index contributed by atoms with van der Waals surface area (Å²) in [4.78, 5) is 15.1. The van der Waals surface area contributed by atoms with Gasteiger partial charge in [0.2, 0.25) is 0 Å². The van der Waals surface area contributed by atoms with Crippen LogP contribution >= 0.6 is 11.6 Å². The third kappa shape index (κ3) is 1.96. The topological polar surface area (TPSA) is 65.2 Å². The van der Waals surface area contributed by atoms with Gasteiger partial charge < -0.3 is 10.5 Å². The van der Waals surface area contributed by atoms with Crippen molar-refractivity contribution in [1.29, 1.82) is 0 Å². The number of carbonyl (C=O) groups is 1. The van der Waals surface area contributed by atoms with Gasteiger partial charge in [0, 0.05) is 6.20 Å². The Hall–Kier alpha value is -1.13. The average molecular weight is 201 g/mol. The fraction of sp³-hybridized carbons (Fsp3) is 0.250. The molecule has 0 radical (unpaired) electrons. The molecule has 0 saturated heterocycles. The molecule has 13 heavy (non-hydrogen) atoms. The van der Waals surface area contributed by atoms with E-state index < -0.39 is 0 Å². The molecule has 0 aromatic carbocycles. The molecule has 0 aliphatic heterocycles. The SMILES string of the molecule is COc1ccnc(Cl)c1C(=O)CN. The van der Waals surface area contributed by atoms with E-state index in [-0.39, 0.29) is 23.0 Å². The summed E-state index contributed by atoms with van der Waals surface area (Å²) in [5, 5.41) is 0.120. The first kappa shape index (κ1) is 9.95. The van der Waals surface area contributed by atoms with Gasteiger partial charge in [0.1, 0.15) is 10.9 Å². The number of nitrogens with zero attached hydrogens (tertiary/aromatic N) is 1. The smallest absolute Gasteiger partial charge is 0.183 e. The van der Waals surface area contributed by atoms with Crippen LogP contribution in [-0.4, -0.2) is 24.4 Å². The molecular formula is C8H9ClN2O2. The quantitative estimate of drug-likeness (QED) is 0.581. The summed E-state index contributed by atoms with van der Waals surface area (Å²) < 4.78 is 4.95. The summed E-state index contributed by atoms with van der Waals surface area (Å²) >= 11 is 5.71. The van der Waals surface area contributed by atoms with Crippen LogP contribution in [0.15, 0.2) is 12.3 Å². The highest BCUT2D eigenvalue weighted by atomic mass is 35.5. The van der Waals surface area contributed by atoms with Crippen molar-refractivity contribution < 1.29 is 9.53 Å². The number of rotatable bonds is 3. The number of Topliss-reactive ketones (excluding diaryl/α,β-unsaturated/α-hetero) is 1. The zero-order chi connectivity index (χ0) is 9.84. The molecule has 1 heterocycles. The van der Waals surface area contributed by atoms with Gasteiger partial charge >= 0.3 is 0 Å². The minimum absolute atomic E-state index is 0.109. The Morgan fingerprint density at radius 2 is 2.46 bits per heavy atom. The van der Waals surface area contributed by atoms with Crippen LogP contribution in [0.2, 0.25) is 5.15 Å². The Kier molecular flexibility index (Phi) is 3.22. The van der Waals surface area contributed by atoms with Gasteiger partial charge in [0.05, 0.1) is 19.2 Å². The van der Waals surface area contributed by atoms with Gasteiger partial charge in [-0.3, -0.25) is 4.79 Å². The van der Waals surface area contributed by atoms with Crippen LogP contribution in [0, 0.1) is 0 Å². The predicted molar refractivity (Wildman–Crippen MR) is 49.2 cm³/mol. The molecule has 0 unspecified atom stereocenters. The normalized spacial score (nSPS) is 9.77. The summed E-state index contributed by atoms with van der Waals surface area (Å²) in [6.45, 7) is -0.109. The molecule has 0 atom stereocenters. The van der Waals surface area contributed by atoms with Gasteiger partial charge in [0.25, 0.3) is 0 Å². The standard InChI is InChI=1S/C8H9ClN2O2/c1-13-6-2-3-11-8(9)7(6)5(12)4-10/h2-3H,4,10H2,1H3. The van der Waals surface area contributed by atoms with E-state index in [1.807, 2.05) is 0 Å². The lowest BCUT2D eigenvalue weighted by Crippen LogP contribution is -2.15. The van der Waals surface area contributed by atoms with E-state index in [0.717, 1.165) is 0 Å². The molecule has 1 rings (SSSR count). The Labute approximate surface area is 80.7 Å². The van der Waals surface area contributed by atoms with Crippen molar-refractivity contribution >= 4 is 17.4 Å². The molecular weight excluding hydrogens is 192 g/mol. The number of hydrogen-bond acceptors (Lipinski definition) is 4. The lowest BCUT2D eigenvalue weighted by atomic mass is 10.2. The van der Waals surface area contributed by atoms with Crippen molar-refractivity contribution in [2.75, 3.05) is 13.7 Å². The molecule has 1 aromatic heterocycles. The van der Waals surface area contributed by atoms with Crippen molar-refractivity contribution in [1.82, 2.24) is 4.98 Å². The van der Waals surface area contributed by atoms with E-state index in [2.05, 4.69) is 4.98 Å². The van der Waals surface area contributed by atoms with Gasteiger partial charge in [-0.1, -0.05) is 11.6 Å². The maximum atomic E-state index is 11.3. The molecule has 0 bridgehead atoms. The van der Waals surface area contributed by atoms with Crippen molar-refractivity contribution in [2.45, 2.75) is 0 Å². The van der Waals surface area contributed by atoms with E-state index in [1.54, 1.807) is 6.07 Å². The Balaban J connectivity index is 3.22. The molecule has 0 spiro atoms. The van der Waals surface area contributed by atoms with Crippen LogP contribution in [0.4, 0.5) is 0 Å². The first-order chi connectivity index (χ1) is 6.20. The first-order valence-electron chi connectivity index (χ1n) is 3.62. The molecule has 0 fully saturated rings. The number of nitrogens with two attached hydrogens (primary N) is 1. The van der Waals surface area contributed by atoms with Gasteiger partial charge in [-0.25, -0.2) is 4.98 Å². The highest BCUT2D eigenvalue weighted by molar-refractivity contribution is 6.33. The molecule has 2 N–H and O–H groups in total. The second-order valence-electron chi connectivity index (χ2n) is 2.31. The minimum atomic E-state index is -0.282. The first-order valence-corrected chi connectivity index (χ1v) is 4.00. The maximum absolute atomic E-state index is 11.3. The molecule has 1 aromatic rings. The van der Waals surface area contributed by atoms with Crippen molar-refractivity contribution in [3.05, 3.63) is 23.0 Å². The summed E-state index contributed by atoms with van der Waals surface area (Å²) in [5.74, 6) is 0.116. The lowest BCUT2D eigenvalue weighted by molar-refractivity contribution is 0.0998. The van der Waals surface area contributed by atoms with E-state index >= 15 is 0 Å². The fourth-order valence-corrected chi connectivity index (χ4v) is 1.20. The highest BCUT2D eigenvalue weighted by Gasteiger charge is 2.15. The number of ketones is 1. The van der Waals surface area contributed by atoms with Crippen molar-refractivity contribution in [2.24, 2.45) is 5.73 Å².